The van der Waals surface area contributed by atoms with Gasteiger partial charge < -0.3 is 5.11 Å². The van der Waals surface area contributed by atoms with Crippen LogP contribution in [-0.4, -0.2) is 30.6 Å². The summed E-state index contributed by atoms with van der Waals surface area (Å²) in [6.07, 6.45) is 2.91. The van der Waals surface area contributed by atoms with Crippen molar-refractivity contribution in [2.24, 2.45) is 0 Å². The summed E-state index contributed by atoms with van der Waals surface area (Å²) >= 11 is 0. The van der Waals surface area contributed by atoms with Crippen LogP contribution in [0.2, 0.25) is 0 Å². The van der Waals surface area contributed by atoms with Gasteiger partial charge in [-0.25, -0.2) is 13.1 Å². The molecule has 0 spiro atoms. The summed E-state index contributed by atoms with van der Waals surface area (Å²) < 4.78 is 27.0. The molecule has 1 saturated carbocycles. The molecule has 20 heavy (non-hydrogen) atoms. The van der Waals surface area contributed by atoms with Crippen LogP contribution in [0.5, 0.6) is 0 Å². The van der Waals surface area contributed by atoms with Crippen LogP contribution < -0.4 is 4.72 Å². The minimum atomic E-state index is -3.79. The maximum Gasteiger partial charge on any atom is 0.269 e. The van der Waals surface area contributed by atoms with E-state index in [-0.39, 0.29) is 17.2 Å². The van der Waals surface area contributed by atoms with E-state index in [2.05, 4.69) is 4.72 Å². The van der Waals surface area contributed by atoms with Crippen LogP contribution in [0.15, 0.2) is 29.2 Å². The zero-order chi connectivity index (χ0) is 14.8. The minimum Gasteiger partial charge on any atom is -0.394 e. The fraction of sp³-hybridized carbons (Fsp3) is 0.500. The molecule has 0 aromatic heterocycles. The smallest absolute Gasteiger partial charge is 0.269 e. The van der Waals surface area contributed by atoms with Crippen LogP contribution >= 0.6 is 0 Å². The number of hydrogen-bond acceptors (Lipinski definition) is 5. The van der Waals surface area contributed by atoms with E-state index < -0.39 is 20.5 Å². The summed E-state index contributed by atoms with van der Waals surface area (Å²) in [6, 6.07) is 4.69. The molecule has 0 atom stereocenters. The van der Waals surface area contributed by atoms with Crippen LogP contribution in [-0.2, 0) is 10.0 Å². The van der Waals surface area contributed by atoms with Gasteiger partial charge in [-0.1, -0.05) is 12.8 Å². The van der Waals surface area contributed by atoms with Gasteiger partial charge in [-0.15, -0.1) is 0 Å². The standard InChI is InChI=1S/C12H16N2O5S/c15-9-12(7-1-2-8-12)13-20(18,19)11-5-3-10(4-6-11)14(16)17/h3-6,13,15H,1-2,7-9H2. The summed E-state index contributed by atoms with van der Waals surface area (Å²) in [7, 11) is -3.79. The van der Waals surface area contributed by atoms with E-state index in [9.17, 15) is 23.6 Å². The lowest BCUT2D eigenvalue weighted by molar-refractivity contribution is -0.384. The van der Waals surface area contributed by atoms with Gasteiger partial charge in [0.05, 0.1) is 22.0 Å². The van der Waals surface area contributed by atoms with Crippen LogP contribution in [0.1, 0.15) is 25.7 Å². The first kappa shape index (κ1) is 14.9. The number of aliphatic hydroxyl groups excluding tert-OH is 1. The highest BCUT2D eigenvalue weighted by Gasteiger charge is 2.37. The third-order valence-corrected chi connectivity index (χ3v) is 5.17. The Hall–Kier alpha value is -1.51. The molecule has 0 heterocycles. The first-order chi connectivity index (χ1) is 9.38. The number of nitrogens with zero attached hydrogens (tertiary/aromatic N) is 1. The Balaban J connectivity index is 2.23. The second-order valence-electron chi connectivity index (χ2n) is 5.00. The molecule has 0 unspecified atom stereocenters. The van der Waals surface area contributed by atoms with Gasteiger partial charge >= 0.3 is 0 Å². The Morgan fingerprint density at radius 1 is 1.25 bits per heavy atom. The van der Waals surface area contributed by atoms with E-state index in [1.807, 2.05) is 0 Å². The zero-order valence-corrected chi connectivity index (χ0v) is 11.6. The first-order valence-electron chi connectivity index (χ1n) is 6.28. The molecule has 1 aliphatic rings. The lowest BCUT2D eigenvalue weighted by Gasteiger charge is -2.27. The number of nitrogens with one attached hydrogen (secondary N) is 1. The zero-order valence-electron chi connectivity index (χ0n) is 10.8. The van der Waals surface area contributed by atoms with E-state index in [0.717, 1.165) is 25.0 Å². The Labute approximate surface area is 116 Å². The number of hydrogen-bond donors (Lipinski definition) is 2. The van der Waals surface area contributed by atoms with Gasteiger partial charge in [0.2, 0.25) is 10.0 Å². The van der Waals surface area contributed by atoms with Crippen molar-refractivity contribution in [1.29, 1.82) is 0 Å². The minimum absolute atomic E-state index is 0.0391. The van der Waals surface area contributed by atoms with Crippen LogP contribution in [0.25, 0.3) is 0 Å². The van der Waals surface area contributed by atoms with Crippen LogP contribution in [0.3, 0.4) is 0 Å². The summed E-state index contributed by atoms with van der Waals surface area (Å²) in [5.74, 6) is 0. The van der Waals surface area contributed by atoms with Gasteiger partial charge in [0.1, 0.15) is 0 Å². The first-order valence-corrected chi connectivity index (χ1v) is 7.76. The van der Waals surface area contributed by atoms with Crippen molar-refractivity contribution >= 4 is 15.7 Å². The largest absolute Gasteiger partial charge is 0.394 e. The molecule has 2 rings (SSSR count). The fourth-order valence-electron chi connectivity index (χ4n) is 2.44. The van der Waals surface area contributed by atoms with Crippen molar-refractivity contribution in [2.45, 2.75) is 36.1 Å². The van der Waals surface area contributed by atoms with Gasteiger partial charge in [0.15, 0.2) is 0 Å². The van der Waals surface area contributed by atoms with Crippen molar-refractivity contribution in [2.75, 3.05) is 6.61 Å². The molecule has 0 amide bonds. The Bertz CT molecular complexity index is 591. The van der Waals surface area contributed by atoms with Gasteiger partial charge in [0.25, 0.3) is 5.69 Å². The topological polar surface area (TPSA) is 110 Å². The quantitative estimate of drug-likeness (QED) is 0.626. The summed E-state index contributed by atoms with van der Waals surface area (Å²) in [5, 5.41) is 20.0. The third kappa shape index (κ3) is 2.97. The number of benzene rings is 1. The lowest BCUT2D eigenvalue weighted by atomic mass is 10.0. The second-order valence-corrected chi connectivity index (χ2v) is 6.68. The number of sulfonamides is 1. The van der Waals surface area contributed by atoms with Crippen LogP contribution in [0, 0.1) is 10.1 Å². The SMILES string of the molecule is O=[N+]([O-])c1ccc(S(=O)(=O)NC2(CO)CCCC2)cc1. The molecule has 1 aliphatic carbocycles. The highest BCUT2D eigenvalue weighted by molar-refractivity contribution is 7.89. The van der Waals surface area contributed by atoms with E-state index in [1.165, 1.54) is 12.1 Å². The summed E-state index contributed by atoms with van der Waals surface area (Å²) in [6.45, 7) is -0.251. The maximum atomic E-state index is 12.2. The van der Waals surface area contributed by atoms with Gasteiger partial charge in [-0.05, 0) is 25.0 Å². The van der Waals surface area contributed by atoms with Crippen LogP contribution in [0.4, 0.5) is 5.69 Å². The molecule has 1 aromatic rings. The summed E-state index contributed by atoms with van der Waals surface area (Å²) in [4.78, 5) is 9.92. The lowest BCUT2D eigenvalue weighted by Crippen LogP contribution is -2.49. The average Bonchev–Trinajstić information content (AvgIpc) is 2.87. The van der Waals surface area contributed by atoms with Crippen molar-refractivity contribution in [3.63, 3.8) is 0 Å². The highest BCUT2D eigenvalue weighted by atomic mass is 32.2. The molecule has 0 aliphatic heterocycles. The Morgan fingerprint density at radius 3 is 2.25 bits per heavy atom. The van der Waals surface area contributed by atoms with E-state index in [1.54, 1.807) is 0 Å². The summed E-state index contributed by atoms with van der Waals surface area (Å²) in [5.41, 5.74) is -0.970. The molecule has 8 heteroatoms. The molecule has 1 fully saturated rings. The molecule has 0 bridgehead atoms. The second kappa shape index (κ2) is 5.47. The monoisotopic (exact) mass is 300 g/mol. The van der Waals surface area contributed by atoms with Gasteiger partial charge in [-0.3, -0.25) is 10.1 Å². The Kier molecular flexibility index (Phi) is 4.07. The highest BCUT2D eigenvalue weighted by Crippen LogP contribution is 2.31. The predicted molar refractivity (Wildman–Crippen MR) is 71.7 cm³/mol. The molecule has 0 saturated heterocycles. The van der Waals surface area contributed by atoms with Crippen molar-refractivity contribution in [3.05, 3.63) is 34.4 Å². The van der Waals surface area contributed by atoms with Gasteiger partial charge in [-0.2, -0.15) is 0 Å². The van der Waals surface area contributed by atoms with E-state index in [4.69, 9.17) is 0 Å². The van der Waals surface area contributed by atoms with Crippen molar-refractivity contribution in [1.82, 2.24) is 4.72 Å². The average molecular weight is 300 g/mol. The third-order valence-electron chi connectivity index (χ3n) is 3.57. The maximum absolute atomic E-state index is 12.2. The normalized spacial score (nSPS) is 18.1. The van der Waals surface area contributed by atoms with Crippen molar-refractivity contribution in [3.8, 4) is 0 Å². The molecule has 110 valence electrons. The van der Waals surface area contributed by atoms with Gasteiger partial charge in [0, 0.05) is 12.1 Å². The van der Waals surface area contributed by atoms with E-state index in [0.29, 0.717) is 12.8 Å². The molecule has 0 radical (unpaired) electrons. The van der Waals surface area contributed by atoms with Crippen molar-refractivity contribution < 1.29 is 18.4 Å². The molecular weight excluding hydrogens is 284 g/mol. The molecule has 2 N–H and O–H groups in total. The van der Waals surface area contributed by atoms with E-state index >= 15 is 0 Å². The molecule has 7 nitrogen and oxygen atoms in total. The molecular formula is C12H16N2O5S. The number of aliphatic hydroxyl groups is 1. The number of non-ortho nitro benzene ring substituents is 1. The number of rotatable bonds is 5. The number of nitro benzene ring substituents is 1. The molecule has 1 aromatic carbocycles. The predicted octanol–water partition coefficient (Wildman–Crippen LogP) is 1.18. The number of nitro groups is 1. The fourth-order valence-corrected chi connectivity index (χ4v) is 3.89. The Morgan fingerprint density at radius 2 is 1.80 bits per heavy atom.